The van der Waals surface area contributed by atoms with Crippen LogP contribution >= 0.6 is 0 Å². The van der Waals surface area contributed by atoms with E-state index in [0.717, 1.165) is 12.0 Å². The molecule has 4 aliphatic rings. The first-order chi connectivity index (χ1) is 14.0. The highest BCUT2D eigenvalue weighted by Crippen LogP contribution is 2.66. The van der Waals surface area contributed by atoms with Crippen molar-refractivity contribution < 1.29 is 34.4 Å². The van der Waals surface area contributed by atoms with Crippen LogP contribution in [-0.4, -0.2) is 58.3 Å². The normalized spacial score (nSPS) is 49.8. The third-order valence-corrected chi connectivity index (χ3v) is 8.77. The lowest BCUT2D eigenvalue weighted by Gasteiger charge is -2.59. The molecule has 3 fully saturated rings. The molecular weight excluding hydrogens is 388 g/mol. The van der Waals surface area contributed by atoms with Gasteiger partial charge in [0.25, 0.3) is 0 Å². The Hall–Kier alpha value is -1.88. The van der Waals surface area contributed by atoms with Crippen LogP contribution < -0.4 is 0 Å². The van der Waals surface area contributed by atoms with Gasteiger partial charge in [-0.05, 0) is 42.9 Å². The van der Waals surface area contributed by atoms with Crippen molar-refractivity contribution in [1.29, 1.82) is 0 Å². The van der Waals surface area contributed by atoms with Crippen molar-refractivity contribution in [3.63, 3.8) is 0 Å². The number of rotatable bonds is 1. The first-order valence-electron chi connectivity index (χ1n) is 10.6. The molecule has 4 rings (SSSR count). The zero-order chi connectivity index (χ0) is 22.1. The van der Waals surface area contributed by atoms with Crippen LogP contribution in [0.15, 0.2) is 11.6 Å². The number of terminal acetylenes is 1. The first-order valence-corrected chi connectivity index (χ1v) is 10.6. The maximum absolute atomic E-state index is 12.7. The largest absolute Gasteiger partial charge is 0.508 e. The fourth-order valence-corrected chi connectivity index (χ4v) is 7.04. The molecule has 0 radical (unpaired) electrons. The van der Waals surface area contributed by atoms with Gasteiger partial charge in [0.2, 0.25) is 5.78 Å². The minimum atomic E-state index is -2.03. The number of aliphatic hydroxyl groups is 3. The van der Waals surface area contributed by atoms with E-state index in [1.165, 1.54) is 7.11 Å². The highest BCUT2D eigenvalue weighted by molar-refractivity contribution is 5.98. The quantitative estimate of drug-likeness (QED) is 0.337. The van der Waals surface area contributed by atoms with Crippen molar-refractivity contribution in [3.8, 4) is 12.3 Å². The van der Waals surface area contributed by atoms with Crippen LogP contribution in [-0.2, 0) is 14.3 Å². The van der Waals surface area contributed by atoms with E-state index in [2.05, 4.69) is 17.6 Å². The Labute approximate surface area is 176 Å². The number of ketones is 1. The van der Waals surface area contributed by atoms with Crippen molar-refractivity contribution in [2.75, 3.05) is 7.11 Å². The van der Waals surface area contributed by atoms with Gasteiger partial charge < -0.3 is 24.8 Å². The first kappa shape index (κ1) is 21.4. The predicted molar refractivity (Wildman–Crippen MR) is 106 cm³/mol. The van der Waals surface area contributed by atoms with Gasteiger partial charge in [-0.15, -0.1) is 6.42 Å². The van der Waals surface area contributed by atoms with Crippen LogP contribution in [0, 0.1) is 40.9 Å². The van der Waals surface area contributed by atoms with Crippen molar-refractivity contribution in [2.45, 2.75) is 69.9 Å². The summed E-state index contributed by atoms with van der Waals surface area (Å²) in [6, 6.07) is 0. The van der Waals surface area contributed by atoms with E-state index in [1.54, 1.807) is 13.0 Å². The van der Waals surface area contributed by atoms with Crippen molar-refractivity contribution in [3.05, 3.63) is 11.6 Å². The number of hydrogen-bond donors (Lipinski definition) is 3. The Morgan fingerprint density at radius 2 is 1.97 bits per heavy atom. The molecule has 3 saturated carbocycles. The molecule has 4 unspecified atom stereocenters. The number of ether oxygens (including phenoxy) is 2. The van der Waals surface area contributed by atoms with Gasteiger partial charge in [-0.2, -0.15) is 0 Å². The van der Waals surface area contributed by atoms with Gasteiger partial charge in [0.1, 0.15) is 12.2 Å². The minimum Gasteiger partial charge on any atom is -0.438 e. The Bertz CT molecular complexity index is 843. The molecule has 7 nitrogen and oxygen atoms in total. The summed E-state index contributed by atoms with van der Waals surface area (Å²) in [5, 5.41) is 32.9. The lowest BCUT2D eigenvalue weighted by atomic mass is 9.46. The average Bonchev–Trinajstić information content (AvgIpc) is 2.87. The standard InChI is InChI=1S/C23H30O7/c1-5-23(28)19(26)18(25)17-16-14(7-9-22(17,23)3)21(2)8-6-13(30-20(27)29-4)10-12(21)11-15(16)24/h1,11,13-18,24-25,28H,6-10H2,2-4H3/t13-,14?,15?,16?,17?,18-,21-,22-,23-/m0/s1. The third kappa shape index (κ3) is 2.57. The molecule has 164 valence electrons. The van der Waals surface area contributed by atoms with E-state index in [9.17, 15) is 24.9 Å². The smallest absolute Gasteiger partial charge is 0.438 e. The molecule has 7 heteroatoms. The second-order valence-electron chi connectivity index (χ2n) is 9.87. The summed E-state index contributed by atoms with van der Waals surface area (Å²) in [5.74, 6) is 0.521. The SMILES string of the molecule is C#C[C@]1(O)C(=O)[C@@H](O)C2C3C(O)C=C4C[C@@H](OC(=O)OC)CC[C@]4(C)C3CC[C@@]21C. The second-order valence-corrected chi connectivity index (χ2v) is 9.87. The zero-order valence-electron chi connectivity index (χ0n) is 17.6. The molecule has 0 amide bonds. The van der Waals surface area contributed by atoms with Gasteiger partial charge in [0.05, 0.1) is 13.2 Å². The summed E-state index contributed by atoms with van der Waals surface area (Å²) in [4.78, 5) is 24.3. The lowest BCUT2D eigenvalue weighted by molar-refractivity contribution is -0.143. The molecule has 4 aliphatic carbocycles. The molecule has 0 aromatic rings. The van der Waals surface area contributed by atoms with E-state index < -0.39 is 47.0 Å². The molecule has 0 heterocycles. The summed E-state index contributed by atoms with van der Waals surface area (Å²) in [6.45, 7) is 3.91. The molecule has 0 aliphatic heterocycles. The topological polar surface area (TPSA) is 113 Å². The summed E-state index contributed by atoms with van der Waals surface area (Å²) < 4.78 is 9.94. The molecule has 9 atom stereocenters. The van der Waals surface area contributed by atoms with Crippen molar-refractivity contribution >= 4 is 11.9 Å². The maximum atomic E-state index is 12.7. The monoisotopic (exact) mass is 418 g/mol. The van der Waals surface area contributed by atoms with Gasteiger partial charge >= 0.3 is 6.16 Å². The minimum absolute atomic E-state index is 0.0206. The van der Waals surface area contributed by atoms with Crippen LogP contribution in [0.4, 0.5) is 4.79 Å². The number of Topliss-reactive ketones (excluding diaryl/α,β-unsaturated/α-hetero) is 1. The molecule has 30 heavy (non-hydrogen) atoms. The summed E-state index contributed by atoms with van der Waals surface area (Å²) in [5.41, 5.74) is -2.24. The Balaban J connectivity index is 1.70. The van der Waals surface area contributed by atoms with Crippen molar-refractivity contribution in [1.82, 2.24) is 0 Å². The van der Waals surface area contributed by atoms with Gasteiger partial charge in [-0.25, -0.2) is 4.79 Å². The zero-order valence-corrected chi connectivity index (χ0v) is 17.6. The highest BCUT2D eigenvalue weighted by atomic mass is 16.7. The van der Waals surface area contributed by atoms with Gasteiger partial charge in [0, 0.05) is 17.8 Å². The summed E-state index contributed by atoms with van der Waals surface area (Å²) in [6.07, 6.45) is 7.14. The van der Waals surface area contributed by atoms with E-state index in [-0.39, 0.29) is 17.4 Å². The van der Waals surface area contributed by atoms with Crippen LogP contribution in [0.25, 0.3) is 0 Å². The van der Waals surface area contributed by atoms with E-state index >= 15 is 0 Å². The summed E-state index contributed by atoms with van der Waals surface area (Å²) in [7, 11) is 1.27. The van der Waals surface area contributed by atoms with Crippen LogP contribution in [0.3, 0.4) is 0 Å². The Kier molecular flexibility index (Phi) is 4.85. The molecular formula is C23H30O7. The van der Waals surface area contributed by atoms with Gasteiger partial charge in [0.15, 0.2) is 5.60 Å². The summed E-state index contributed by atoms with van der Waals surface area (Å²) >= 11 is 0. The number of hydrogen-bond acceptors (Lipinski definition) is 7. The van der Waals surface area contributed by atoms with Crippen LogP contribution in [0.2, 0.25) is 0 Å². The van der Waals surface area contributed by atoms with E-state index in [0.29, 0.717) is 25.7 Å². The Morgan fingerprint density at radius 1 is 1.27 bits per heavy atom. The average molecular weight is 418 g/mol. The molecule has 0 saturated heterocycles. The fourth-order valence-electron chi connectivity index (χ4n) is 7.04. The molecule has 3 N–H and O–H groups in total. The molecule has 0 spiro atoms. The van der Waals surface area contributed by atoms with Gasteiger partial charge in [-0.1, -0.05) is 31.4 Å². The number of carbonyl (C=O) groups excluding carboxylic acids is 2. The third-order valence-electron chi connectivity index (χ3n) is 8.77. The Morgan fingerprint density at radius 3 is 2.60 bits per heavy atom. The molecule has 0 bridgehead atoms. The van der Waals surface area contributed by atoms with Crippen LogP contribution in [0.5, 0.6) is 0 Å². The predicted octanol–water partition coefficient (Wildman–Crippen LogP) is 1.59. The van der Waals surface area contributed by atoms with Crippen molar-refractivity contribution in [2.24, 2.45) is 28.6 Å². The number of methoxy groups -OCH3 is 1. The molecule has 0 aromatic heterocycles. The number of aliphatic hydroxyl groups excluding tert-OH is 2. The van der Waals surface area contributed by atoms with Gasteiger partial charge in [-0.3, -0.25) is 4.79 Å². The fraction of sp³-hybridized carbons (Fsp3) is 0.739. The molecule has 0 aromatic carbocycles. The number of carbonyl (C=O) groups is 2. The van der Waals surface area contributed by atoms with E-state index in [1.807, 2.05) is 0 Å². The maximum Gasteiger partial charge on any atom is 0.508 e. The second kappa shape index (κ2) is 6.81. The lowest BCUT2D eigenvalue weighted by Crippen LogP contribution is -2.58. The number of fused-ring (bicyclic) bond motifs is 5. The highest BCUT2D eigenvalue weighted by Gasteiger charge is 2.72. The van der Waals surface area contributed by atoms with E-state index in [4.69, 9.17) is 11.2 Å². The van der Waals surface area contributed by atoms with Crippen LogP contribution in [0.1, 0.15) is 46.0 Å².